The van der Waals surface area contributed by atoms with Gasteiger partial charge in [0.1, 0.15) is 0 Å². The molecule has 1 aromatic rings. The molecule has 0 bridgehead atoms. The third-order valence-electron chi connectivity index (χ3n) is 3.09. The van der Waals surface area contributed by atoms with E-state index in [1.54, 1.807) is 6.92 Å². The first-order valence-corrected chi connectivity index (χ1v) is 5.05. The van der Waals surface area contributed by atoms with Gasteiger partial charge in [-0.05, 0) is 19.8 Å². The Bertz CT molecular complexity index is 329. The van der Waals surface area contributed by atoms with Crippen LogP contribution in [-0.2, 0) is 5.41 Å². The zero-order chi connectivity index (χ0) is 10.3. The van der Waals surface area contributed by atoms with Crippen molar-refractivity contribution in [1.29, 1.82) is 0 Å². The summed E-state index contributed by atoms with van der Waals surface area (Å²) in [6.07, 6.45) is 1.82. The lowest BCUT2D eigenvalue weighted by Gasteiger charge is -2.08. The second kappa shape index (κ2) is 3.05. The maximum atomic E-state index is 9.37. The van der Waals surface area contributed by atoms with Gasteiger partial charge in [-0.2, -0.15) is 4.98 Å². The minimum Gasteiger partial charge on any atom is -0.393 e. The minimum absolute atomic E-state index is 0.0846. The summed E-state index contributed by atoms with van der Waals surface area (Å²) in [5.74, 6) is 1.25. The number of aromatic nitrogens is 2. The van der Waals surface area contributed by atoms with Crippen LogP contribution in [0.15, 0.2) is 4.52 Å². The summed E-state index contributed by atoms with van der Waals surface area (Å²) < 4.78 is 5.13. The fraction of sp³-hybridized carbons (Fsp3) is 0.800. The number of aliphatic hydroxyl groups is 1. The van der Waals surface area contributed by atoms with Crippen LogP contribution in [0.1, 0.15) is 51.2 Å². The summed E-state index contributed by atoms with van der Waals surface area (Å²) in [5, 5.41) is 13.3. The van der Waals surface area contributed by atoms with E-state index < -0.39 is 6.10 Å². The van der Waals surface area contributed by atoms with Gasteiger partial charge in [0.2, 0.25) is 5.89 Å². The molecule has 78 valence electrons. The Kier molecular flexibility index (Phi) is 2.10. The number of rotatable bonds is 3. The van der Waals surface area contributed by atoms with Crippen molar-refractivity contribution < 1.29 is 9.63 Å². The molecular weight excluding hydrogens is 180 g/mol. The Morgan fingerprint density at radius 3 is 2.57 bits per heavy atom. The van der Waals surface area contributed by atoms with Crippen molar-refractivity contribution in [2.45, 2.75) is 51.0 Å². The van der Waals surface area contributed by atoms with Crippen LogP contribution >= 0.6 is 0 Å². The van der Waals surface area contributed by atoms with E-state index >= 15 is 0 Å². The van der Waals surface area contributed by atoms with Crippen LogP contribution in [0.4, 0.5) is 0 Å². The van der Waals surface area contributed by atoms with Crippen molar-refractivity contribution in [1.82, 2.24) is 10.1 Å². The summed E-state index contributed by atoms with van der Waals surface area (Å²) >= 11 is 0. The van der Waals surface area contributed by atoms with Gasteiger partial charge < -0.3 is 9.63 Å². The molecule has 1 aliphatic rings. The topological polar surface area (TPSA) is 59.2 Å². The second-order valence-electron chi connectivity index (χ2n) is 4.55. The first kappa shape index (κ1) is 9.65. The van der Waals surface area contributed by atoms with Gasteiger partial charge in [0, 0.05) is 5.41 Å². The maximum absolute atomic E-state index is 9.37. The molecule has 1 aromatic heterocycles. The van der Waals surface area contributed by atoms with Crippen LogP contribution in [0.3, 0.4) is 0 Å². The van der Waals surface area contributed by atoms with E-state index in [0.717, 1.165) is 18.7 Å². The van der Waals surface area contributed by atoms with Crippen LogP contribution < -0.4 is 0 Å². The lowest BCUT2D eigenvalue weighted by Crippen LogP contribution is -2.11. The number of nitrogens with zero attached hydrogens (tertiary/aromatic N) is 2. The van der Waals surface area contributed by atoms with Crippen molar-refractivity contribution in [3.63, 3.8) is 0 Å². The Balaban J connectivity index is 2.17. The Morgan fingerprint density at radius 1 is 1.43 bits per heavy atom. The smallest absolute Gasteiger partial charge is 0.232 e. The molecule has 1 fully saturated rings. The van der Waals surface area contributed by atoms with E-state index in [1.165, 1.54) is 0 Å². The molecule has 14 heavy (non-hydrogen) atoms. The zero-order valence-electron chi connectivity index (χ0n) is 8.82. The van der Waals surface area contributed by atoms with E-state index in [9.17, 15) is 5.11 Å². The van der Waals surface area contributed by atoms with E-state index in [1.807, 2.05) is 6.92 Å². The average molecular weight is 196 g/mol. The van der Waals surface area contributed by atoms with Gasteiger partial charge in [-0.25, -0.2) is 0 Å². The van der Waals surface area contributed by atoms with Gasteiger partial charge in [0.05, 0.1) is 12.0 Å². The van der Waals surface area contributed by atoms with Crippen molar-refractivity contribution >= 4 is 0 Å². The van der Waals surface area contributed by atoms with Gasteiger partial charge in [-0.1, -0.05) is 19.0 Å². The molecule has 0 amide bonds. The molecule has 2 rings (SSSR count). The molecule has 1 aliphatic carbocycles. The fourth-order valence-electron chi connectivity index (χ4n) is 1.28. The zero-order valence-corrected chi connectivity index (χ0v) is 8.82. The van der Waals surface area contributed by atoms with Gasteiger partial charge in [0.15, 0.2) is 5.82 Å². The molecule has 0 radical (unpaired) electrons. The molecular formula is C10H16N2O2. The molecule has 0 saturated heterocycles. The van der Waals surface area contributed by atoms with Crippen molar-refractivity contribution in [3.8, 4) is 0 Å². The quantitative estimate of drug-likeness (QED) is 0.797. The predicted octanol–water partition coefficient (Wildman–Crippen LogP) is 1.61. The van der Waals surface area contributed by atoms with E-state index in [-0.39, 0.29) is 11.3 Å². The molecule has 2 unspecified atom stereocenters. The molecule has 0 aromatic carbocycles. The molecule has 1 heterocycles. The summed E-state index contributed by atoms with van der Waals surface area (Å²) in [6, 6.07) is 0. The lowest BCUT2D eigenvalue weighted by molar-refractivity contribution is 0.151. The third kappa shape index (κ3) is 1.54. The highest BCUT2D eigenvalue weighted by Crippen LogP contribution is 2.46. The lowest BCUT2D eigenvalue weighted by atomic mass is 10.1. The van der Waals surface area contributed by atoms with Crippen LogP contribution in [0, 0.1) is 0 Å². The monoisotopic (exact) mass is 196 g/mol. The van der Waals surface area contributed by atoms with Crippen molar-refractivity contribution in [3.05, 3.63) is 11.7 Å². The number of aliphatic hydroxyl groups excluding tert-OH is 1. The second-order valence-corrected chi connectivity index (χ2v) is 4.55. The molecule has 2 atom stereocenters. The van der Waals surface area contributed by atoms with Crippen molar-refractivity contribution in [2.75, 3.05) is 0 Å². The molecule has 1 N–H and O–H groups in total. The number of hydrogen-bond acceptors (Lipinski definition) is 4. The van der Waals surface area contributed by atoms with Crippen LogP contribution in [0.2, 0.25) is 0 Å². The number of hydrogen-bond donors (Lipinski definition) is 1. The fourth-order valence-corrected chi connectivity index (χ4v) is 1.28. The molecule has 1 saturated carbocycles. The highest BCUT2D eigenvalue weighted by atomic mass is 16.5. The van der Waals surface area contributed by atoms with Crippen molar-refractivity contribution in [2.24, 2.45) is 0 Å². The maximum Gasteiger partial charge on any atom is 0.232 e. The largest absolute Gasteiger partial charge is 0.393 e. The molecule has 4 nitrogen and oxygen atoms in total. The normalized spacial score (nSPS) is 23.1. The standard InChI is InChI=1S/C10H16N2O2/c1-6(7(2)13)8-11-9(12-14-8)10(3)4-5-10/h6-7,13H,4-5H2,1-3H3. The summed E-state index contributed by atoms with van der Waals surface area (Å²) in [6.45, 7) is 5.75. The predicted molar refractivity (Wildman–Crippen MR) is 51.0 cm³/mol. The molecule has 0 spiro atoms. The summed E-state index contributed by atoms with van der Waals surface area (Å²) in [5.41, 5.74) is 0.139. The van der Waals surface area contributed by atoms with E-state index in [0.29, 0.717) is 5.89 Å². The Labute approximate surface area is 83.3 Å². The van der Waals surface area contributed by atoms with Gasteiger partial charge in [-0.3, -0.25) is 0 Å². The van der Waals surface area contributed by atoms with E-state index in [2.05, 4.69) is 17.1 Å². The first-order chi connectivity index (χ1) is 6.53. The molecule has 0 aliphatic heterocycles. The highest BCUT2D eigenvalue weighted by Gasteiger charge is 2.43. The van der Waals surface area contributed by atoms with Crippen LogP contribution in [0.5, 0.6) is 0 Å². The van der Waals surface area contributed by atoms with Gasteiger partial charge >= 0.3 is 0 Å². The molecule has 4 heteroatoms. The van der Waals surface area contributed by atoms with Gasteiger partial charge in [0.25, 0.3) is 0 Å². The third-order valence-corrected chi connectivity index (χ3v) is 3.09. The minimum atomic E-state index is -0.449. The Hall–Kier alpha value is -0.900. The Morgan fingerprint density at radius 2 is 2.07 bits per heavy atom. The van der Waals surface area contributed by atoms with E-state index in [4.69, 9.17) is 4.52 Å². The summed E-state index contributed by atoms with van der Waals surface area (Å²) in [4.78, 5) is 4.33. The summed E-state index contributed by atoms with van der Waals surface area (Å²) in [7, 11) is 0. The van der Waals surface area contributed by atoms with Crippen LogP contribution in [-0.4, -0.2) is 21.4 Å². The van der Waals surface area contributed by atoms with Gasteiger partial charge in [-0.15, -0.1) is 0 Å². The van der Waals surface area contributed by atoms with Crippen LogP contribution in [0.25, 0.3) is 0 Å². The first-order valence-electron chi connectivity index (χ1n) is 5.05. The SMILES string of the molecule is CC(O)C(C)c1nc(C2(C)CC2)no1. The highest BCUT2D eigenvalue weighted by molar-refractivity contribution is 5.14. The average Bonchev–Trinajstić information content (AvgIpc) is 2.69.